The summed E-state index contributed by atoms with van der Waals surface area (Å²) in [6.07, 6.45) is 0.819. The minimum Gasteiger partial charge on any atom is -0.354 e. The summed E-state index contributed by atoms with van der Waals surface area (Å²) in [4.78, 5) is 23.1. The number of nitrogens with one attached hydrogen (secondary N) is 3. The molecular weight excluding hydrogens is 249 g/mol. The van der Waals surface area contributed by atoms with Gasteiger partial charge in [0.15, 0.2) is 0 Å². The van der Waals surface area contributed by atoms with Crippen LogP contribution in [0.4, 0.5) is 14.9 Å². The van der Waals surface area contributed by atoms with Crippen LogP contribution in [0.5, 0.6) is 0 Å². The fourth-order valence-corrected chi connectivity index (χ4v) is 1.38. The summed E-state index contributed by atoms with van der Waals surface area (Å²) in [6, 6.07) is 4.52. The van der Waals surface area contributed by atoms with Crippen molar-refractivity contribution in [1.29, 1.82) is 0 Å². The maximum atomic E-state index is 13.3. The summed E-state index contributed by atoms with van der Waals surface area (Å²) >= 11 is 0. The summed E-state index contributed by atoms with van der Waals surface area (Å²) in [5.41, 5.74) is 0.0705. The van der Waals surface area contributed by atoms with Crippen molar-refractivity contribution in [3.63, 3.8) is 0 Å². The number of halogens is 1. The van der Waals surface area contributed by atoms with Crippen molar-refractivity contribution >= 4 is 17.6 Å². The number of urea groups is 1. The molecule has 5 nitrogen and oxygen atoms in total. The van der Waals surface area contributed by atoms with Gasteiger partial charge in [-0.15, -0.1) is 0 Å². The Bertz CT molecular complexity index is 451. The molecule has 0 saturated carbocycles. The molecule has 6 heteroatoms. The minimum atomic E-state index is -0.682. The highest BCUT2D eigenvalue weighted by molar-refractivity contribution is 5.93. The molecule has 104 valence electrons. The largest absolute Gasteiger partial charge is 0.354 e. The van der Waals surface area contributed by atoms with Crippen LogP contribution in [-0.4, -0.2) is 24.5 Å². The number of carbonyl (C=O) groups excluding carboxylic acids is 2. The highest BCUT2D eigenvalue weighted by atomic mass is 19.1. The van der Waals surface area contributed by atoms with Gasteiger partial charge in [0, 0.05) is 6.54 Å². The molecule has 0 fully saturated rings. The first-order chi connectivity index (χ1) is 9.04. The third-order valence-electron chi connectivity index (χ3n) is 2.41. The number of hydrogen-bond donors (Lipinski definition) is 3. The van der Waals surface area contributed by atoms with Gasteiger partial charge in [0.1, 0.15) is 11.9 Å². The molecule has 0 aliphatic carbocycles. The lowest BCUT2D eigenvalue weighted by atomic mass is 10.3. The van der Waals surface area contributed by atoms with Crippen molar-refractivity contribution in [2.45, 2.75) is 26.3 Å². The number of hydrogen-bond acceptors (Lipinski definition) is 2. The van der Waals surface area contributed by atoms with Gasteiger partial charge in [-0.2, -0.15) is 0 Å². The van der Waals surface area contributed by atoms with Crippen LogP contribution in [-0.2, 0) is 4.79 Å². The zero-order valence-corrected chi connectivity index (χ0v) is 11.0. The van der Waals surface area contributed by atoms with E-state index in [2.05, 4.69) is 16.0 Å². The minimum absolute atomic E-state index is 0.0705. The van der Waals surface area contributed by atoms with E-state index in [4.69, 9.17) is 0 Å². The highest BCUT2D eigenvalue weighted by Gasteiger charge is 2.15. The van der Waals surface area contributed by atoms with E-state index in [0.717, 1.165) is 6.42 Å². The Hall–Kier alpha value is -2.11. The van der Waals surface area contributed by atoms with E-state index in [1.807, 2.05) is 6.92 Å². The Kier molecular flexibility index (Phi) is 5.78. The first-order valence-corrected chi connectivity index (χ1v) is 6.14. The molecule has 0 spiro atoms. The Balaban J connectivity index is 2.47. The van der Waals surface area contributed by atoms with E-state index < -0.39 is 17.9 Å². The first kappa shape index (κ1) is 14.9. The molecule has 0 heterocycles. The average Bonchev–Trinajstić information content (AvgIpc) is 2.38. The van der Waals surface area contributed by atoms with E-state index in [0.29, 0.717) is 6.54 Å². The van der Waals surface area contributed by atoms with Crippen LogP contribution in [0.15, 0.2) is 24.3 Å². The molecule has 1 aromatic rings. The Morgan fingerprint density at radius 1 is 1.32 bits per heavy atom. The van der Waals surface area contributed by atoms with E-state index in [1.54, 1.807) is 13.0 Å². The predicted octanol–water partition coefficient (Wildman–Crippen LogP) is 1.86. The van der Waals surface area contributed by atoms with E-state index in [1.165, 1.54) is 18.2 Å². The average molecular weight is 267 g/mol. The Morgan fingerprint density at radius 2 is 2.00 bits per heavy atom. The fraction of sp³-hybridized carbons (Fsp3) is 0.385. The molecule has 1 rings (SSSR count). The van der Waals surface area contributed by atoms with Crippen LogP contribution in [0, 0.1) is 5.82 Å². The van der Waals surface area contributed by atoms with Crippen LogP contribution in [0.1, 0.15) is 20.3 Å². The second-order valence-electron chi connectivity index (χ2n) is 4.09. The van der Waals surface area contributed by atoms with Gasteiger partial charge in [0.05, 0.1) is 5.69 Å². The van der Waals surface area contributed by atoms with Crippen molar-refractivity contribution in [2.24, 2.45) is 0 Å². The molecule has 1 unspecified atom stereocenters. The van der Waals surface area contributed by atoms with Crippen LogP contribution < -0.4 is 16.0 Å². The number of amides is 3. The molecule has 0 bridgehead atoms. The molecule has 0 radical (unpaired) electrons. The summed E-state index contributed by atoms with van der Waals surface area (Å²) < 4.78 is 13.3. The van der Waals surface area contributed by atoms with Crippen molar-refractivity contribution in [3.8, 4) is 0 Å². The van der Waals surface area contributed by atoms with Gasteiger partial charge >= 0.3 is 6.03 Å². The molecule has 1 atom stereocenters. The Labute approximate surface area is 111 Å². The van der Waals surface area contributed by atoms with Crippen LogP contribution in [0.2, 0.25) is 0 Å². The lowest BCUT2D eigenvalue weighted by Gasteiger charge is -2.14. The monoisotopic (exact) mass is 267 g/mol. The van der Waals surface area contributed by atoms with Crippen LogP contribution >= 0.6 is 0 Å². The third-order valence-corrected chi connectivity index (χ3v) is 2.41. The van der Waals surface area contributed by atoms with Crippen LogP contribution in [0.25, 0.3) is 0 Å². The van der Waals surface area contributed by atoms with Gasteiger partial charge in [-0.05, 0) is 25.5 Å². The number of rotatable bonds is 5. The van der Waals surface area contributed by atoms with Gasteiger partial charge in [0.25, 0.3) is 0 Å². The van der Waals surface area contributed by atoms with E-state index >= 15 is 0 Å². The lowest BCUT2D eigenvalue weighted by Crippen LogP contribution is -2.46. The topological polar surface area (TPSA) is 70.2 Å². The summed E-state index contributed by atoms with van der Waals surface area (Å²) in [7, 11) is 0. The van der Waals surface area contributed by atoms with Gasteiger partial charge < -0.3 is 16.0 Å². The second kappa shape index (κ2) is 7.35. The second-order valence-corrected chi connectivity index (χ2v) is 4.09. The third kappa shape index (κ3) is 4.95. The normalized spacial score (nSPS) is 11.5. The summed E-state index contributed by atoms with van der Waals surface area (Å²) in [6.45, 7) is 4.05. The molecule has 0 saturated heterocycles. The van der Waals surface area contributed by atoms with Crippen molar-refractivity contribution in [1.82, 2.24) is 10.6 Å². The zero-order valence-electron chi connectivity index (χ0n) is 11.0. The summed E-state index contributed by atoms with van der Waals surface area (Å²) in [5, 5.41) is 7.44. The standard InChI is InChI=1S/C13H18FN3O2/c1-3-8-15-12(18)9(2)16-13(19)17-11-7-5-4-6-10(11)14/h4-7,9H,3,8H2,1-2H3,(H,15,18)(H2,16,17,19). The Morgan fingerprint density at radius 3 is 2.63 bits per heavy atom. The number of carbonyl (C=O) groups is 2. The van der Waals surface area contributed by atoms with Gasteiger partial charge in [-0.1, -0.05) is 19.1 Å². The first-order valence-electron chi connectivity index (χ1n) is 6.14. The molecule has 1 aromatic carbocycles. The number of para-hydroxylation sites is 1. The van der Waals surface area contributed by atoms with Crippen molar-refractivity contribution in [3.05, 3.63) is 30.1 Å². The maximum Gasteiger partial charge on any atom is 0.319 e. The van der Waals surface area contributed by atoms with E-state index in [9.17, 15) is 14.0 Å². The molecule has 19 heavy (non-hydrogen) atoms. The smallest absolute Gasteiger partial charge is 0.319 e. The van der Waals surface area contributed by atoms with E-state index in [-0.39, 0.29) is 11.6 Å². The van der Waals surface area contributed by atoms with Gasteiger partial charge in [0.2, 0.25) is 5.91 Å². The number of anilines is 1. The van der Waals surface area contributed by atoms with Gasteiger partial charge in [-0.25, -0.2) is 9.18 Å². The highest BCUT2D eigenvalue weighted by Crippen LogP contribution is 2.11. The predicted molar refractivity (Wildman–Crippen MR) is 71.3 cm³/mol. The van der Waals surface area contributed by atoms with Crippen molar-refractivity contribution < 1.29 is 14.0 Å². The molecule has 0 aliphatic rings. The maximum absolute atomic E-state index is 13.3. The lowest BCUT2D eigenvalue weighted by molar-refractivity contribution is -0.122. The molecule has 0 aliphatic heterocycles. The molecule has 3 amide bonds. The fourth-order valence-electron chi connectivity index (χ4n) is 1.38. The zero-order chi connectivity index (χ0) is 14.3. The van der Waals surface area contributed by atoms with Crippen LogP contribution in [0.3, 0.4) is 0 Å². The molecule has 0 aromatic heterocycles. The molecular formula is C13H18FN3O2. The van der Waals surface area contributed by atoms with Gasteiger partial charge in [-0.3, -0.25) is 4.79 Å². The van der Waals surface area contributed by atoms with Crippen molar-refractivity contribution in [2.75, 3.05) is 11.9 Å². The quantitative estimate of drug-likeness (QED) is 0.762. The SMILES string of the molecule is CCCNC(=O)C(C)NC(=O)Nc1ccccc1F. The summed E-state index contributed by atoms with van der Waals surface area (Å²) in [5.74, 6) is -0.800. The number of benzene rings is 1. The molecule has 3 N–H and O–H groups in total.